The number of H-pyrrole nitrogens is 1. The van der Waals surface area contributed by atoms with Crippen molar-refractivity contribution in [2.75, 3.05) is 6.54 Å². The number of hydrogen-bond acceptors (Lipinski definition) is 5. The molecule has 0 aliphatic heterocycles. The average molecular weight is 447 g/mol. The molecule has 0 bridgehead atoms. The molecule has 0 fully saturated rings. The first-order chi connectivity index (χ1) is 14.0. The lowest BCUT2D eigenvalue weighted by Crippen LogP contribution is -2.36. The summed E-state index contributed by atoms with van der Waals surface area (Å²) in [4.78, 5) is 30.2. The van der Waals surface area contributed by atoms with Gasteiger partial charge in [0.2, 0.25) is 0 Å². The average Bonchev–Trinajstić information content (AvgIpc) is 3.16. The van der Waals surface area contributed by atoms with Crippen molar-refractivity contribution < 1.29 is 26.1 Å². The Morgan fingerprint density at radius 2 is 1.93 bits per heavy atom. The zero-order valence-electron chi connectivity index (χ0n) is 15.2. The second-order valence-corrected chi connectivity index (χ2v) is 7.58. The second-order valence-electron chi connectivity index (χ2n) is 6.34. The summed E-state index contributed by atoms with van der Waals surface area (Å²) in [6, 6.07) is 1.88. The van der Waals surface area contributed by atoms with Gasteiger partial charge in [-0.05, 0) is 25.0 Å². The van der Waals surface area contributed by atoms with Crippen molar-refractivity contribution >= 4 is 21.3 Å². The van der Waals surface area contributed by atoms with Gasteiger partial charge in [0, 0.05) is 25.5 Å². The van der Waals surface area contributed by atoms with Crippen LogP contribution in [-0.4, -0.2) is 38.6 Å². The predicted molar refractivity (Wildman–Crippen MR) is 99.7 cm³/mol. The van der Waals surface area contributed by atoms with E-state index in [1.54, 1.807) is 0 Å². The van der Waals surface area contributed by atoms with Gasteiger partial charge in [-0.15, -0.1) is 0 Å². The van der Waals surface area contributed by atoms with Crippen molar-refractivity contribution in [2.45, 2.75) is 25.6 Å². The normalized spacial score (nSPS) is 12.5. The van der Waals surface area contributed by atoms with Gasteiger partial charge < -0.3 is 14.1 Å². The molecule has 30 heavy (non-hydrogen) atoms. The first-order valence-electron chi connectivity index (χ1n) is 8.56. The van der Waals surface area contributed by atoms with Crippen LogP contribution in [0.1, 0.15) is 18.4 Å². The number of aromatic amines is 1. The lowest BCUT2D eigenvalue weighted by atomic mass is 10.1. The molecule has 162 valence electrons. The Bertz CT molecular complexity index is 1280. The van der Waals surface area contributed by atoms with Crippen LogP contribution >= 0.6 is 0 Å². The summed E-state index contributed by atoms with van der Waals surface area (Å²) in [6.45, 7) is -0.172. The van der Waals surface area contributed by atoms with Crippen LogP contribution in [0.3, 0.4) is 0 Å². The maximum absolute atomic E-state index is 13.6. The summed E-state index contributed by atoms with van der Waals surface area (Å²) in [5.74, 6) is 0. The predicted octanol–water partition coefficient (Wildman–Crippen LogP) is 1.07. The molecule has 14 heteroatoms. The van der Waals surface area contributed by atoms with Crippen LogP contribution in [0.4, 0.5) is 13.2 Å². The number of nitrogens with one attached hydrogen (secondary N) is 2. The molecule has 2 heterocycles. The highest BCUT2D eigenvalue weighted by molar-refractivity contribution is 7.83. The van der Waals surface area contributed by atoms with Crippen molar-refractivity contribution in [3.63, 3.8) is 0 Å². The Balaban J connectivity index is 2.06. The van der Waals surface area contributed by atoms with Crippen LogP contribution in [0, 0.1) is 0 Å². The Kier molecular flexibility index (Phi) is 5.83. The molecule has 3 aromatic rings. The molecule has 10 nitrogen and oxygen atoms in total. The molecule has 0 atom stereocenters. The number of rotatable bonds is 7. The third kappa shape index (κ3) is 4.77. The van der Waals surface area contributed by atoms with E-state index in [4.69, 9.17) is 4.55 Å². The molecule has 0 unspecified atom stereocenters. The van der Waals surface area contributed by atoms with E-state index in [0.29, 0.717) is 0 Å². The lowest BCUT2D eigenvalue weighted by molar-refractivity contribution is -0.137. The van der Waals surface area contributed by atoms with E-state index in [1.807, 2.05) is 4.72 Å². The van der Waals surface area contributed by atoms with Gasteiger partial charge in [0.25, 0.3) is 0 Å². The van der Waals surface area contributed by atoms with E-state index in [9.17, 15) is 31.2 Å². The van der Waals surface area contributed by atoms with Crippen molar-refractivity contribution in [1.29, 1.82) is 0 Å². The maximum atomic E-state index is 13.6. The van der Waals surface area contributed by atoms with E-state index < -0.39 is 33.2 Å². The number of imidazole rings is 1. The van der Waals surface area contributed by atoms with Gasteiger partial charge in [0.1, 0.15) is 0 Å². The standard InChI is InChI=1S/C16H16F3N5O5S/c17-16(18,19)10-7-11-13(8-12(10)23-6-4-20-9-23)24(15(26)14(25)22-11)5-2-1-3-21-30(27,28)29/h4,6-9,21H,1-3,5H2,(H,22,25)(H,27,28,29). The molecule has 0 amide bonds. The number of halogens is 3. The number of unbranched alkanes of at least 4 members (excludes halogenated alkanes) is 1. The molecular weight excluding hydrogens is 431 g/mol. The zero-order valence-corrected chi connectivity index (χ0v) is 16.0. The number of aryl methyl sites for hydroxylation is 1. The first kappa shape index (κ1) is 21.7. The monoisotopic (exact) mass is 447 g/mol. The largest absolute Gasteiger partial charge is 0.418 e. The number of aromatic nitrogens is 4. The number of nitrogens with zero attached hydrogens (tertiary/aromatic N) is 3. The van der Waals surface area contributed by atoms with Gasteiger partial charge in [-0.2, -0.15) is 26.3 Å². The molecular formula is C16H16F3N5O5S. The highest BCUT2D eigenvalue weighted by Crippen LogP contribution is 2.35. The number of benzene rings is 1. The van der Waals surface area contributed by atoms with Gasteiger partial charge in [-0.3, -0.25) is 14.1 Å². The summed E-state index contributed by atoms with van der Waals surface area (Å²) in [6.07, 6.45) is -0.533. The van der Waals surface area contributed by atoms with Crippen LogP contribution in [0.15, 0.2) is 40.4 Å². The molecule has 1 aromatic carbocycles. The van der Waals surface area contributed by atoms with Crippen LogP contribution in [0.2, 0.25) is 0 Å². The van der Waals surface area contributed by atoms with Gasteiger partial charge >= 0.3 is 27.6 Å². The van der Waals surface area contributed by atoms with Crippen LogP contribution in [0.5, 0.6) is 0 Å². The zero-order chi connectivity index (χ0) is 22.1. The smallest absolute Gasteiger partial charge is 0.316 e. The molecule has 0 spiro atoms. The van der Waals surface area contributed by atoms with Crippen molar-refractivity contribution in [1.82, 2.24) is 23.8 Å². The van der Waals surface area contributed by atoms with E-state index in [0.717, 1.165) is 21.3 Å². The Hall–Kier alpha value is -2.97. The van der Waals surface area contributed by atoms with Crippen LogP contribution in [0.25, 0.3) is 16.7 Å². The lowest BCUT2D eigenvalue weighted by Gasteiger charge is -2.17. The van der Waals surface area contributed by atoms with Crippen molar-refractivity contribution in [2.24, 2.45) is 0 Å². The fourth-order valence-corrected chi connectivity index (χ4v) is 3.37. The third-order valence-corrected chi connectivity index (χ3v) is 4.84. The van der Waals surface area contributed by atoms with Crippen LogP contribution < -0.4 is 15.8 Å². The first-order valence-corrected chi connectivity index (χ1v) is 10.00. The van der Waals surface area contributed by atoms with E-state index in [2.05, 4.69) is 9.97 Å². The van der Waals surface area contributed by atoms with Crippen LogP contribution in [-0.2, 0) is 23.0 Å². The van der Waals surface area contributed by atoms with Crippen molar-refractivity contribution in [3.05, 3.63) is 57.1 Å². The van der Waals surface area contributed by atoms with E-state index in [-0.39, 0.29) is 42.7 Å². The number of alkyl halides is 3. The van der Waals surface area contributed by atoms with Gasteiger partial charge in [0.05, 0.1) is 28.6 Å². The SMILES string of the molecule is O=c1[nH]c2cc(C(F)(F)F)c(-n3ccnc3)cc2n(CCCCNS(=O)(=O)O)c1=O. The quantitative estimate of drug-likeness (QED) is 0.281. The van der Waals surface area contributed by atoms with Gasteiger partial charge in [0.15, 0.2) is 0 Å². The molecule has 3 rings (SSSR count). The summed E-state index contributed by atoms with van der Waals surface area (Å²) >= 11 is 0. The number of fused-ring (bicyclic) bond motifs is 1. The molecule has 2 aromatic heterocycles. The Labute approximate surface area is 166 Å². The molecule has 0 aliphatic rings. The maximum Gasteiger partial charge on any atom is 0.418 e. The Morgan fingerprint density at radius 3 is 2.53 bits per heavy atom. The highest BCUT2D eigenvalue weighted by atomic mass is 32.2. The van der Waals surface area contributed by atoms with Crippen molar-refractivity contribution in [3.8, 4) is 5.69 Å². The fourth-order valence-electron chi connectivity index (χ4n) is 2.97. The summed E-state index contributed by atoms with van der Waals surface area (Å²) < 4.78 is 74.6. The highest BCUT2D eigenvalue weighted by Gasteiger charge is 2.35. The Morgan fingerprint density at radius 1 is 1.20 bits per heavy atom. The van der Waals surface area contributed by atoms with E-state index >= 15 is 0 Å². The topological polar surface area (TPSA) is 139 Å². The summed E-state index contributed by atoms with van der Waals surface area (Å²) in [5.41, 5.74) is -3.44. The minimum Gasteiger partial charge on any atom is -0.316 e. The molecule has 3 N–H and O–H groups in total. The minimum atomic E-state index is -4.73. The summed E-state index contributed by atoms with van der Waals surface area (Å²) in [5, 5.41) is 0. The minimum absolute atomic E-state index is 0.0544. The molecule has 0 radical (unpaired) electrons. The molecule has 0 saturated heterocycles. The summed E-state index contributed by atoms with van der Waals surface area (Å²) in [7, 11) is -4.36. The number of hydrogen-bond donors (Lipinski definition) is 3. The second kappa shape index (κ2) is 8.04. The molecule has 0 aliphatic carbocycles. The third-order valence-electron chi connectivity index (χ3n) is 4.27. The van der Waals surface area contributed by atoms with Gasteiger partial charge in [-0.25, -0.2) is 4.98 Å². The fraction of sp³-hybridized carbons (Fsp3) is 0.312. The van der Waals surface area contributed by atoms with E-state index in [1.165, 1.54) is 18.7 Å². The van der Waals surface area contributed by atoms with Gasteiger partial charge in [-0.1, -0.05) is 0 Å². The molecule has 0 saturated carbocycles.